The Morgan fingerprint density at radius 3 is 2.62 bits per heavy atom. The van der Waals surface area contributed by atoms with Crippen LogP contribution in [-0.2, 0) is 14.3 Å². The number of carbonyl (C=O) groups excluding carboxylic acids is 1. The van der Waals surface area contributed by atoms with Crippen LogP contribution in [-0.4, -0.2) is 23.5 Å². The number of carbonyl (C=O) groups is 2. The zero-order valence-corrected chi connectivity index (χ0v) is 21.2. The van der Waals surface area contributed by atoms with E-state index in [-0.39, 0.29) is 23.9 Å². The summed E-state index contributed by atoms with van der Waals surface area (Å²) in [7, 11) is 0. The van der Waals surface area contributed by atoms with Crippen LogP contribution >= 0.6 is 0 Å². The summed E-state index contributed by atoms with van der Waals surface area (Å²) in [5, 5.41) is 11.2. The molecule has 34 heavy (non-hydrogen) atoms. The molecule has 1 aliphatic heterocycles. The summed E-state index contributed by atoms with van der Waals surface area (Å²) in [6, 6.07) is 0. The Labute approximate surface area is 204 Å². The molecule has 9 atom stereocenters. The van der Waals surface area contributed by atoms with Crippen molar-refractivity contribution in [2.75, 3.05) is 0 Å². The molecule has 0 spiro atoms. The van der Waals surface area contributed by atoms with Gasteiger partial charge >= 0.3 is 5.97 Å². The molecule has 186 valence electrons. The van der Waals surface area contributed by atoms with E-state index in [4.69, 9.17) is 4.74 Å². The Morgan fingerprint density at radius 2 is 1.97 bits per heavy atom. The van der Waals surface area contributed by atoms with Gasteiger partial charge in [-0.3, -0.25) is 4.79 Å². The molecule has 4 saturated carbocycles. The van der Waals surface area contributed by atoms with Gasteiger partial charge in [0, 0.05) is 11.3 Å². The fraction of sp³-hybridized carbons (Fsp3) is 0.800. The molecule has 1 N–H and O–H groups in total. The van der Waals surface area contributed by atoms with E-state index in [2.05, 4.69) is 33.4 Å². The van der Waals surface area contributed by atoms with E-state index < -0.39 is 22.2 Å². The molecule has 1 heterocycles. The first-order chi connectivity index (χ1) is 16.2. The van der Waals surface area contributed by atoms with Crippen LogP contribution in [0.25, 0.3) is 0 Å². The number of hydrogen-bond acceptors (Lipinski definition) is 3. The molecule has 4 heteroatoms. The maximum atomic E-state index is 13.7. The lowest BCUT2D eigenvalue weighted by molar-refractivity contribution is -0.192. The first-order valence-corrected chi connectivity index (χ1v) is 14.0. The Kier molecular flexibility index (Phi) is 5.02. The zero-order valence-electron chi connectivity index (χ0n) is 21.2. The third kappa shape index (κ3) is 2.46. The highest BCUT2D eigenvalue weighted by Crippen LogP contribution is 2.84. The molecule has 4 bridgehead atoms. The van der Waals surface area contributed by atoms with Gasteiger partial charge in [0.2, 0.25) is 0 Å². The second-order valence-electron chi connectivity index (χ2n) is 13.3. The van der Waals surface area contributed by atoms with Gasteiger partial charge in [0.05, 0.1) is 11.2 Å². The average molecular weight is 467 g/mol. The van der Waals surface area contributed by atoms with Crippen molar-refractivity contribution in [1.29, 1.82) is 0 Å². The predicted molar refractivity (Wildman–Crippen MR) is 131 cm³/mol. The van der Waals surface area contributed by atoms with Gasteiger partial charge in [0.25, 0.3) is 0 Å². The molecule has 6 rings (SSSR count). The standard InChI is InChI=1S/C30H42O4/c1-17(2)25-13-22-14-28(16-31)24-10-9-18(3)23(24)15-29(22,30(25,28)27(32)33)26-12-21(19(4)34-26)11-20-7-5-6-8-20/h13,16-18,20-24,26H,4-12,14-15H2,1-3H3,(H,32,33)/t18-,21-,22?,23-,24-,26-,28?,29?,30+/m1/s1. The lowest BCUT2D eigenvalue weighted by Gasteiger charge is -2.59. The quantitative estimate of drug-likeness (QED) is 0.363. The molecule has 0 radical (unpaired) electrons. The molecule has 0 aromatic rings. The normalized spacial score (nSPS) is 49.4. The fourth-order valence-electron chi connectivity index (χ4n) is 10.8. The molecule has 1 saturated heterocycles. The molecule has 0 aromatic carbocycles. The van der Waals surface area contributed by atoms with Crippen molar-refractivity contribution >= 4 is 12.3 Å². The number of rotatable bonds is 6. The molecular weight excluding hydrogens is 424 g/mol. The summed E-state index contributed by atoms with van der Waals surface area (Å²) in [6.45, 7) is 10.9. The first-order valence-electron chi connectivity index (χ1n) is 14.0. The number of fused-ring (bicyclic) bond motifs is 2. The van der Waals surface area contributed by atoms with E-state index in [0.717, 1.165) is 55.6 Å². The zero-order chi connectivity index (χ0) is 24.0. The van der Waals surface area contributed by atoms with Crippen molar-refractivity contribution in [3.05, 3.63) is 24.0 Å². The maximum absolute atomic E-state index is 13.7. The second-order valence-corrected chi connectivity index (χ2v) is 13.3. The molecule has 0 amide bonds. The van der Waals surface area contributed by atoms with Crippen LogP contribution in [0.4, 0.5) is 0 Å². The molecule has 3 unspecified atom stereocenters. The van der Waals surface area contributed by atoms with Crippen LogP contribution in [0.2, 0.25) is 0 Å². The largest absolute Gasteiger partial charge is 0.494 e. The summed E-state index contributed by atoms with van der Waals surface area (Å²) in [4.78, 5) is 26.9. The highest BCUT2D eigenvalue weighted by atomic mass is 16.5. The topological polar surface area (TPSA) is 63.6 Å². The maximum Gasteiger partial charge on any atom is 0.315 e. The van der Waals surface area contributed by atoms with Crippen molar-refractivity contribution < 1.29 is 19.4 Å². The van der Waals surface area contributed by atoms with Gasteiger partial charge in [-0.25, -0.2) is 0 Å². The number of ether oxygens (including phenoxy) is 1. The Balaban J connectivity index is 1.48. The predicted octanol–water partition coefficient (Wildman–Crippen LogP) is 6.41. The third-order valence-electron chi connectivity index (χ3n) is 11.9. The smallest absolute Gasteiger partial charge is 0.315 e. The molecule has 0 aromatic heterocycles. The van der Waals surface area contributed by atoms with Crippen molar-refractivity contribution in [2.24, 2.45) is 57.7 Å². The van der Waals surface area contributed by atoms with Gasteiger partial charge in [-0.15, -0.1) is 0 Å². The second kappa shape index (κ2) is 7.46. The number of carboxylic acids is 1. The van der Waals surface area contributed by atoms with Crippen molar-refractivity contribution in [2.45, 2.75) is 91.1 Å². The minimum atomic E-state index is -1.14. The lowest BCUT2D eigenvalue weighted by Crippen LogP contribution is -2.65. The van der Waals surface area contributed by atoms with Gasteiger partial charge < -0.3 is 14.6 Å². The Bertz CT molecular complexity index is 943. The number of hydrogen-bond donors (Lipinski definition) is 1. The van der Waals surface area contributed by atoms with E-state index in [9.17, 15) is 14.7 Å². The van der Waals surface area contributed by atoms with Gasteiger partial charge in [-0.2, -0.15) is 0 Å². The average Bonchev–Trinajstić information content (AvgIpc) is 3.59. The summed E-state index contributed by atoms with van der Waals surface area (Å²) < 4.78 is 6.69. The van der Waals surface area contributed by atoms with Crippen LogP contribution in [0, 0.1) is 57.7 Å². The number of aldehydes is 1. The van der Waals surface area contributed by atoms with Crippen LogP contribution in [0.3, 0.4) is 0 Å². The van der Waals surface area contributed by atoms with Crippen LogP contribution in [0.15, 0.2) is 24.0 Å². The first kappa shape index (κ1) is 22.9. The Hall–Kier alpha value is -1.58. The van der Waals surface area contributed by atoms with E-state index in [1.165, 1.54) is 25.7 Å². The molecule has 4 nitrogen and oxygen atoms in total. The van der Waals surface area contributed by atoms with E-state index in [1.807, 2.05) is 0 Å². The minimum Gasteiger partial charge on any atom is -0.494 e. The molecular formula is C30H42O4. The lowest BCUT2D eigenvalue weighted by atomic mass is 9.41. The van der Waals surface area contributed by atoms with Crippen LogP contribution in [0.1, 0.15) is 85.0 Å². The van der Waals surface area contributed by atoms with Gasteiger partial charge in [0.15, 0.2) is 0 Å². The minimum absolute atomic E-state index is 0.104. The molecule has 5 fully saturated rings. The van der Waals surface area contributed by atoms with Crippen molar-refractivity contribution in [3.63, 3.8) is 0 Å². The van der Waals surface area contributed by atoms with Gasteiger partial charge in [-0.1, -0.05) is 71.1 Å². The highest BCUT2D eigenvalue weighted by Gasteiger charge is 2.86. The summed E-state index contributed by atoms with van der Waals surface area (Å²) >= 11 is 0. The van der Waals surface area contributed by atoms with E-state index in [0.29, 0.717) is 24.2 Å². The summed E-state index contributed by atoms with van der Waals surface area (Å²) in [5.41, 5.74) is -1.47. The van der Waals surface area contributed by atoms with Crippen LogP contribution < -0.4 is 0 Å². The number of allylic oxidation sites excluding steroid dienone is 2. The van der Waals surface area contributed by atoms with Crippen molar-refractivity contribution in [3.8, 4) is 0 Å². The fourth-order valence-corrected chi connectivity index (χ4v) is 10.8. The third-order valence-corrected chi connectivity index (χ3v) is 11.9. The van der Waals surface area contributed by atoms with Gasteiger partial charge in [0.1, 0.15) is 17.8 Å². The monoisotopic (exact) mass is 466 g/mol. The summed E-state index contributed by atoms with van der Waals surface area (Å²) in [6.07, 6.45) is 14.2. The van der Waals surface area contributed by atoms with Crippen molar-refractivity contribution in [1.82, 2.24) is 0 Å². The molecule has 5 aliphatic carbocycles. The SMILES string of the molecule is C=C1O[C@@H](C23C[C@@H]4[C@H](C)CC[C@H]4C4(C=O)CC2C=C(C(C)C)[C@]43C(=O)O)C[C@H]1CC1CCCC1. The number of carboxylic acid groups (broad SMARTS) is 1. The van der Waals surface area contributed by atoms with Gasteiger partial charge in [-0.05, 0) is 67.6 Å². The van der Waals surface area contributed by atoms with Crippen LogP contribution in [0.5, 0.6) is 0 Å². The van der Waals surface area contributed by atoms with E-state index >= 15 is 0 Å². The molecule has 6 aliphatic rings. The Morgan fingerprint density at radius 1 is 1.24 bits per heavy atom. The number of aliphatic carboxylic acids is 1. The van der Waals surface area contributed by atoms with E-state index in [1.54, 1.807) is 0 Å². The summed E-state index contributed by atoms with van der Waals surface area (Å²) in [5.74, 6) is 2.51. The highest BCUT2D eigenvalue weighted by molar-refractivity contribution is 5.90.